The van der Waals surface area contributed by atoms with E-state index in [0.29, 0.717) is 5.92 Å². The molecule has 1 aliphatic rings. The van der Waals surface area contributed by atoms with Gasteiger partial charge in [0.25, 0.3) is 0 Å². The first kappa shape index (κ1) is 15.4. The average molecular weight is 317 g/mol. The zero-order valence-corrected chi connectivity index (χ0v) is 13.8. The van der Waals surface area contributed by atoms with Gasteiger partial charge in [0.1, 0.15) is 0 Å². The Bertz CT molecular complexity index is 624. The second kappa shape index (κ2) is 6.71. The van der Waals surface area contributed by atoms with Crippen LogP contribution in [-0.2, 0) is 12.8 Å². The molecule has 3 rings (SSSR count). The molecule has 1 aromatic heterocycles. The molecule has 2 N–H and O–H groups in total. The van der Waals surface area contributed by atoms with Gasteiger partial charge >= 0.3 is 0 Å². The van der Waals surface area contributed by atoms with Gasteiger partial charge in [-0.15, -0.1) is 11.3 Å². The first-order valence-electron chi connectivity index (χ1n) is 7.90. The maximum absolute atomic E-state index is 10.1. The summed E-state index contributed by atoms with van der Waals surface area (Å²) < 4.78 is 0. The van der Waals surface area contributed by atoms with Crippen LogP contribution >= 0.6 is 11.3 Å². The molecule has 0 saturated heterocycles. The fourth-order valence-electron chi connectivity index (χ4n) is 3.38. The van der Waals surface area contributed by atoms with E-state index in [4.69, 9.17) is 0 Å². The summed E-state index contributed by atoms with van der Waals surface area (Å²) in [5.74, 6) is 0.539. The molecule has 3 nitrogen and oxygen atoms in total. The highest BCUT2D eigenvalue weighted by Gasteiger charge is 2.24. The Labute approximate surface area is 135 Å². The van der Waals surface area contributed by atoms with Crippen molar-refractivity contribution in [3.8, 4) is 11.5 Å². The Kier molecular flexibility index (Phi) is 4.69. The molecule has 0 amide bonds. The Morgan fingerprint density at radius 1 is 1.27 bits per heavy atom. The average Bonchev–Trinajstić information content (AvgIpc) is 3.03. The molecule has 0 radical (unpaired) electrons. The van der Waals surface area contributed by atoms with E-state index in [1.165, 1.54) is 10.4 Å². The summed E-state index contributed by atoms with van der Waals surface area (Å²) in [6, 6.07) is 7.90. The Morgan fingerprint density at radius 3 is 2.91 bits per heavy atom. The predicted molar refractivity (Wildman–Crippen MR) is 91.0 cm³/mol. The maximum Gasteiger partial charge on any atom is 0.160 e. The smallest absolute Gasteiger partial charge is 0.160 e. The summed E-state index contributed by atoms with van der Waals surface area (Å²) in [4.78, 5) is 3.81. The molecule has 1 heterocycles. The molecule has 1 aromatic carbocycles. The number of aromatic hydroxyl groups is 2. The fourth-order valence-corrected chi connectivity index (χ4v) is 4.08. The zero-order chi connectivity index (χ0) is 15.5. The second-order valence-electron chi connectivity index (χ2n) is 6.18. The molecule has 1 atom stereocenters. The van der Waals surface area contributed by atoms with E-state index in [9.17, 15) is 10.2 Å². The van der Waals surface area contributed by atoms with Crippen molar-refractivity contribution in [2.75, 3.05) is 20.1 Å². The number of likely N-dealkylation sites (N-methyl/N-ethyl adjacent to an activating group) is 1. The first-order valence-corrected chi connectivity index (χ1v) is 8.77. The minimum atomic E-state index is 0.00505. The van der Waals surface area contributed by atoms with Crippen molar-refractivity contribution < 1.29 is 10.2 Å². The Balaban J connectivity index is 1.65. The SMILES string of the molecule is CN(CCc1cccs1)CC1CCCc2c1ccc(O)c2O. The highest BCUT2D eigenvalue weighted by atomic mass is 32.1. The van der Waals surface area contributed by atoms with Crippen molar-refractivity contribution in [1.82, 2.24) is 4.90 Å². The summed E-state index contributed by atoms with van der Waals surface area (Å²) in [5.41, 5.74) is 2.16. The molecular formula is C18H23NO2S. The normalized spacial score (nSPS) is 17.6. The standard InChI is InChI=1S/C18H23NO2S/c1-19(10-9-14-5-3-11-22-14)12-13-4-2-6-16-15(13)7-8-17(20)18(16)21/h3,5,7-8,11,13,20-21H,2,4,6,9-10,12H2,1H3. The molecule has 0 aliphatic heterocycles. The van der Waals surface area contributed by atoms with Crippen LogP contribution in [0.3, 0.4) is 0 Å². The predicted octanol–water partition coefficient (Wildman–Crippen LogP) is 3.75. The van der Waals surface area contributed by atoms with E-state index in [2.05, 4.69) is 29.5 Å². The molecule has 22 heavy (non-hydrogen) atoms. The molecule has 0 bridgehead atoms. The molecule has 1 aliphatic carbocycles. The maximum atomic E-state index is 10.1. The van der Waals surface area contributed by atoms with Gasteiger partial charge < -0.3 is 15.1 Å². The van der Waals surface area contributed by atoms with Crippen LogP contribution in [0.4, 0.5) is 0 Å². The summed E-state index contributed by atoms with van der Waals surface area (Å²) in [6.07, 6.45) is 4.19. The van der Waals surface area contributed by atoms with Crippen LogP contribution in [-0.4, -0.2) is 35.3 Å². The van der Waals surface area contributed by atoms with Gasteiger partial charge in [0, 0.05) is 23.5 Å². The zero-order valence-electron chi connectivity index (χ0n) is 13.0. The summed E-state index contributed by atoms with van der Waals surface area (Å²) in [5, 5.41) is 21.9. The van der Waals surface area contributed by atoms with E-state index in [1.54, 1.807) is 6.07 Å². The molecule has 2 aromatic rings. The van der Waals surface area contributed by atoms with Crippen LogP contribution < -0.4 is 0 Å². The number of fused-ring (bicyclic) bond motifs is 1. The van der Waals surface area contributed by atoms with Gasteiger partial charge in [0.15, 0.2) is 11.5 Å². The molecule has 118 valence electrons. The first-order chi connectivity index (χ1) is 10.6. The molecule has 1 unspecified atom stereocenters. The second-order valence-corrected chi connectivity index (χ2v) is 7.21. The van der Waals surface area contributed by atoms with Gasteiger partial charge in [0.05, 0.1) is 0 Å². The number of thiophene rings is 1. The third-order valence-electron chi connectivity index (χ3n) is 4.57. The van der Waals surface area contributed by atoms with Crippen molar-refractivity contribution in [1.29, 1.82) is 0 Å². The lowest BCUT2D eigenvalue weighted by Crippen LogP contribution is -2.28. The van der Waals surface area contributed by atoms with Crippen LogP contribution in [0.5, 0.6) is 11.5 Å². The topological polar surface area (TPSA) is 43.7 Å². The summed E-state index contributed by atoms with van der Waals surface area (Å²) >= 11 is 1.82. The molecule has 0 spiro atoms. The quantitative estimate of drug-likeness (QED) is 0.825. The van der Waals surface area contributed by atoms with Crippen molar-refractivity contribution >= 4 is 11.3 Å². The van der Waals surface area contributed by atoms with Crippen LogP contribution in [0.25, 0.3) is 0 Å². The largest absolute Gasteiger partial charge is 0.504 e. The number of phenolic OH excluding ortho intramolecular Hbond substituents is 2. The fraction of sp³-hybridized carbons (Fsp3) is 0.444. The third-order valence-corrected chi connectivity index (χ3v) is 5.51. The highest BCUT2D eigenvalue weighted by Crippen LogP contribution is 2.40. The van der Waals surface area contributed by atoms with Crippen molar-refractivity contribution in [3.05, 3.63) is 45.6 Å². The van der Waals surface area contributed by atoms with Gasteiger partial charge in [-0.25, -0.2) is 0 Å². The summed E-state index contributed by atoms with van der Waals surface area (Å²) in [6.45, 7) is 2.05. The van der Waals surface area contributed by atoms with E-state index >= 15 is 0 Å². The molecular weight excluding hydrogens is 294 g/mol. The summed E-state index contributed by atoms with van der Waals surface area (Å²) in [7, 11) is 2.17. The van der Waals surface area contributed by atoms with Crippen molar-refractivity contribution in [2.24, 2.45) is 0 Å². The van der Waals surface area contributed by atoms with E-state index in [1.807, 2.05) is 17.4 Å². The molecule has 4 heteroatoms. The Hall–Kier alpha value is -1.52. The van der Waals surface area contributed by atoms with Gasteiger partial charge in [-0.05, 0) is 61.7 Å². The van der Waals surface area contributed by atoms with E-state index in [0.717, 1.165) is 44.3 Å². The number of benzene rings is 1. The van der Waals surface area contributed by atoms with Crippen LogP contribution in [0.1, 0.15) is 34.8 Å². The van der Waals surface area contributed by atoms with Crippen LogP contribution in [0.2, 0.25) is 0 Å². The number of hydrogen-bond acceptors (Lipinski definition) is 4. The number of phenols is 2. The van der Waals surface area contributed by atoms with E-state index in [-0.39, 0.29) is 11.5 Å². The molecule has 0 fully saturated rings. The highest BCUT2D eigenvalue weighted by molar-refractivity contribution is 7.09. The third kappa shape index (κ3) is 3.28. The van der Waals surface area contributed by atoms with Crippen molar-refractivity contribution in [2.45, 2.75) is 31.6 Å². The number of rotatable bonds is 5. The lowest BCUT2D eigenvalue weighted by atomic mass is 9.82. The van der Waals surface area contributed by atoms with Gasteiger partial charge in [-0.3, -0.25) is 0 Å². The van der Waals surface area contributed by atoms with Crippen LogP contribution in [0, 0.1) is 0 Å². The van der Waals surface area contributed by atoms with Gasteiger partial charge in [-0.2, -0.15) is 0 Å². The minimum Gasteiger partial charge on any atom is -0.504 e. The van der Waals surface area contributed by atoms with Crippen molar-refractivity contribution in [3.63, 3.8) is 0 Å². The van der Waals surface area contributed by atoms with E-state index < -0.39 is 0 Å². The number of hydrogen-bond donors (Lipinski definition) is 2. The van der Waals surface area contributed by atoms with Gasteiger partial charge in [0.2, 0.25) is 0 Å². The Morgan fingerprint density at radius 2 is 2.14 bits per heavy atom. The number of nitrogens with zero attached hydrogens (tertiary/aromatic N) is 1. The lowest BCUT2D eigenvalue weighted by molar-refractivity contribution is 0.299. The monoisotopic (exact) mass is 317 g/mol. The van der Waals surface area contributed by atoms with Gasteiger partial charge in [-0.1, -0.05) is 12.1 Å². The minimum absolute atomic E-state index is 0.00505. The molecule has 0 saturated carbocycles. The lowest BCUT2D eigenvalue weighted by Gasteiger charge is -2.30. The van der Waals surface area contributed by atoms with Crippen LogP contribution in [0.15, 0.2) is 29.6 Å².